The molecule has 1 unspecified atom stereocenters. The van der Waals surface area contributed by atoms with Gasteiger partial charge in [-0.1, -0.05) is 30.3 Å². The number of piperidine rings is 2. The molecule has 1 amide bonds. The van der Waals surface area contributed by atoms with E-state index in [2.05, 4.69) is 53.1 Å². The fourth-order valence-electron chi connectivity index (χ4n) is 6.12. The van der Waals surface area contributed by atoms with Gasteiger partial charge in [0, 0.05) is 47.8 Å². The molecule has 2 aromatic carbocycles. The van der Waals surface area contributed by atoms with Crippen LogP contribution >= 0.6 is 0 Å². The minimum atomic E-state index is -0.329. The first kappa shape index (κ1) is 24.7. The van der Waals surface area contributed by atoms with Gasteiger partial charge in [-0.3, -0.25) is 19.4 Å². The third kappa shape index (κ3) is 4.70. The van der Waals surface area contributed by atoms with Crippen LogP contribution in [0.1, 0.15) is 41.6 Å². The van der Waals surface area contributed by atoms with E-state index in [1.807, 2.05) is 11.0 Å². The molecule has 1 N–H and O–H groups in total. The van der Waals surface area contributed by atoms with Crippen LogP contribution in [0.2, 0.25) is 0 Å². The van der Waals surface area contributed by atoms with Crippen LogP contribution in [0.4, 0.5) is 4.39 Å². The van der Waals surface area contributed by atoms with E-state index in [0.29, 0.717) is 17.6 Å². The molecular weight excluding hydrogens is 455 g/mol. The number of halogens is 1. The summed E-state index contributed by atoms with van der Waals surface area (Å²) < 4.78 is 13.5. The number of aromatic nitrogens is 1. The monoisotopic (exact) mass is 490 g/mol. The first-order valence-electron chi connectivity index (χ1n) is 12.9. The molecule has 2 saturated heterocycles. The molecule has 3 aromatic rings. The SMILES string of the molecule is CN(C)C1(c2ccccc2)CCN(C(=O)C2CCCN(CC(=O)c3c[nH]c4cc(F)ccc34)C2)CC1. The number of nitrogens with zero attached hydrogens (tertiary/aromatic N) is 3. The van der Waals surface area contributed by atoms with E-state index >= 15 is 0 Å². The molecule has 3 heterocycles. The number of carbonyl (C=O) groups is 2. The van der Waals surface area contributed by atoms with E-state index < -0.39 is 0 Å². The Morgan fingerprint density at radius 3 is 2.56 bits per heavy atom. The molecule has 2 aliphatic rings. The van der Waals surface area contributed by atoms with Gasteiger partial charge in [-0.25, -0.2) is 4.39 Å². The van der Waals surface area contributed by atoms with Gasteiger partial charge in [-0.2, -0.15) is 0 Å². The highest BCUT2D eigenvalue weighted by Crippen LogP contribution is 2.38. The summed E-state index contributed by atoms with van der Waals surface area (Å²) in [6.07, 6.45) is 5.25. The Labute approximate surface area is 212 Å². The Kier molecular flexibility index (Phi) is 6.95. The van der Waals surface area contributed by atoms with Crippen LogP contribution in [-0.2, 0) is 10.3 Å². The molecule has 6 nitrogen and oxygen atoms in total. The highest BCUT2D eigenvalue weighted by Gasteiger charge is 2.40. The summed E-state index contributed by atoms with van der Waals surface area (Å²) in [5.41, 5.74) is 2.46. The van der Waals surface area contributed by atoms with Gasteiger partial charge in [0.1, 0.15) is 5.82 Å². The average Bonchev–Trinajstić information content (AvgIpc) is 3.32. The summed E-state index contributed by atoms with van der Waals surface area (Å²) in [5.74, 6) is -0.190. The minimum absolute atomic E-state index is 0.00226. The summed E-state index contributed by atoms with van der Waals surface area (Å²) in [5, 5.41) is 0.738. The van der Waals surface area contributed by atoms with Crippen LogP contribution in [0.25, 0.3) is 10.9 Å². The van der Waals surface area contributed by atoms with Gasteiger partial charge in [0.15, 0.2) is 5.78 Å². The van der Waals surface area contributed by atoms with Crippen LogP contribution in [-0.4, -0.2) is 78.2 Å². The van der Waals surface area contributed by atoms with E-state index in [1.165, 1.54) is 17.7 Å². The number of nitrogens with one attached hydrogen (secondary N) is 1. The Morgan fingerprint density at radius 2 is 1.83 bits per heavy atom. The fraction of sp³-hybridized carbons (Fsp3) is 0.448. The number of hydrogen-bond acceptors (Lipinski definition) is 4. The third-order valence-electron chi connectivity index (χ3n) is 8.24. The Morgan fingerprint density at radius 1 is 1.08 bits per heavy atom. The molecule has 5 rings (SSSR count). The molecule has 0 aliphatic carbocycles. The van der Waals surface area contributed by atoms with Gasteiger partial charge in [0.25, 0.3) is 0 Å². The molecular formula is C29H35FN4O2. The number of fused-ring (bicyclic) bond motifs is 1. The first-order chi connectivity index (χ1) is 17.4. The molecule has 7 heteroatoms. The summed E-state index contributed by atoms with van der Waals surface area (Å²) in [4.78, 5) is 36.0. The molecule has 0 bridgehead atoms. The topological polar surface area (TPSA) is 59.6 Å². The number of aromatic amines is 1. The predicted octanol–water partition coefficient (Wildman–Crippen LogP) is 4.28. The van der Waals surface area contributed by atoms with Crippen molar-refractivity contribution in [3.63, 3.8) is 0 Å². The van der Waals surface area contributed by atoms with E-state index in [4.69, 9.17) is 0 Å². The average molecular weight is 491 g/mol. The second-order valence-corrected chi connectivity index (χ2v) is 10.5. The highest BCUT2D eigenvalue weighted by atomic mass is 19.1. The number of carbonyl (C=O) groups excluding carboxylic acids is 2. The van der Waals surface area contributed by atoms with Crippen molar-refractivity contribution in [1.29, 1.82) is 0 Å². The lowest BCUT2D eigenvalue weighted by Gasteiger charge is -2.47. The third-order valence-corrected chi connectivity index (χ3v) is 8.24. The summed E-state index contributed by atoms with van der Waals surface area (Å²) >= 11 is 0. The van der Waals surface area contributed by atoms with Gasteiger partial charge < -0.3 is 9.88 Å². The van der Waals surface area contributed by atoms with Crippen molar-refractivity contribution < 1.29 is 14.0 Å². The molecule has 2 fully saturated rings. The second kappa shape index (κ2) is 10.1. The van der Waals surface area contributed by atoms with Gasteiger partial charge >= 0.3 is 0 Å². The first-order valence-corrected chi connectivity index (χ1v) is 12.9. The number of ketones is 1. The maximum Gasteiger partial charge on any atom is 0.226 e. The molecule has 0 spiro atoms. The van der Waals surface area contributed by atoms with Crippen molar-refractivity contribution in [2.75, 3.05) is 46.8 Å². The molecule has 1 atom stereocenters. The summed E-state index contributed by atoms with van der Waals surface area (Å²) in [6, 6.07) is 15.0. The van der Waals surface area contributed by atoms with Gasteiger partial charge in [-0.05, 0) is 70.1 Å². The Balaban J connectivity index is 1.21. The predicted molar refractivity (Wildman–Crippen MR) is 139 cm³/mol. The molecule has 1 aromatic heterocycles. The summed E-state index contributed by atoms with van der Waals surface area (Å²) in [7, 11) is 4.26. The maximum absolute atomic E-state index is 13.5. The highest BCUT2D eigenvalue weighted by molar-refractivity contribution is 6.08. The molecule has 0 radical (unpaired) electrons. The van der Waals surface area contributed by atoms with Crippen molar-refractivity contribution in [3.05, 3.63) is 71.7 Å². The van der Waals surface area contributed by atoms with Crippen molar-refractivity contribution in [3.8, 4) is 0 Å². The number of likely N-dealkylation sites (tertiary alicyclic amines) is 2. The lowest BCUT2D eigenvalue weighted by Crippen LogP contribution is -2.54. The van der Waals surface area contributed by atoms with E-state index in [0.717, 1.165) is 50.7 Å². The Hall–Kier alpha value is -3.03. The van der Waals surface area contributed by atoms with Crippen molar-refractivity contribution in [2.45, 2.75) is 31.2 Å². The summed E-state index contributed by atoms with van der Waals surface area (Å²) in [6.45, 7) is 3.17. The molecule has 0 saturated carbocycles. The number of rotatable bonds is 6. The van der Waals surface area contributed by atoms with Crippen LogP contribution in [0, 0.1) is 11.7 Å². The molecule has 36 heavy (non-hydrogen) atoms. The number of hydrogen-bond donors (Lipinski definition) is 1. The van der Waals surface area contributed by atoms with Gasteiger partial charge in [0.2, 0.25) is 5.91 Å². The van der Waals surface area contributed by atoms with E-state index in [9.17, 15) is 14.0 Å². The lowest BCUT2D eigenvalue weighted by molar-refractivity contribution is -0.140. The van der Waals surface area contributed by atoms with Crippen molar-refractivity contribution in [2.24, 2.45) is 5.92 Å². The van der Waals surface area contributed by atoms with Crippen LogP contribution in [0.15, 0.2) is 54.7 Å². The second-order valence-electron chi connectivity index (χ2n) is 10.5. The standard InChI is InChI=1S/C29H35FN4O2/c1-32(2)29(22-8-4-3-5-9-22)12-15-34(16-13-29)28(36)21-7-6-14-33(19-21)20-27(35)25-18-31-26-17-23(30)10-11-24(25)26/h3-5,8-11,17-18,21,31H,6-7,12-16,19-20H2,1-2H3. The zero-order valence-corrected chi connectivity index (χ0v) is 21.2. The van der Waals surface area contributed by atoms with Crippen LogP contribution in [0.5, 0.6) is 0 Å². The van der Waals surface area contributed by atoms with Crippen molar-refractivity contribution in [1.82, 2.24) is 19.7 Å². The zero-order chi connectivity index (χ0) is 25.3. The fourth-order valence-corrected chi connectivity index (χ4v) is 6.12. The number of amides is 1. The van der Waals surface area contributed by atoms with Crippen LogP contribution < -0.4 is 0 Å². The van der Waals surface area contributed by atoms with Crippen molar-refractivity contribution >= 4 is 22.6 Å². The van der Waals surface area contributed by atoms with Gasteiger partial charge in [0.05, 0.1) is 12.5 Å². The molecule has 2 aliphatic heterocycles. The smallest absolute Gasteiger partial charge is 0.226 e. The number of Topliss-reactive ketones (excluding diaryl/α,β-unsaturated/α-hetero) is 1. The minimum Gasteiger partial charge on any atom is -0.360 e. The quantitative estimate of drug-likeness (QED) is 0.524. The van der Waals surface area contributed by atoms with E-state index in [-0.39, 0.29) is 35.5 Å². The maximum atomic E-state index is 13.5. The molecule has 190 valence electrons. The number of benzene rings is 2. The normalized spacial score (nSPS) is 20.7. The zero-order valence-electron chi connectivity index (χ0n) is 21.2. The van der Waals surface area contributed by atoms with Gasteiger partial charge in [-0.15, -0.1) is 0 Å². The van der Waals surface area contributed by atoms with E-state index in [1.54, 1.807) is 12.3 Å². The number of H-pyrrole nitrogens is 1. The lowest BCUT2D eigenvalue weighted by atomic mass is 9.79. The van der Waals surface area contributed by atoms with Crippen LogP contribution in [0.3, 0.4) is 0 Å². The Bertz CT molecular complexity index is 1230. The largest absolute Gasteiger partial charge is 0.360 e.